The van der Waals surface area contributed by atoms with Crippen LogP contribution in [-0.4, -0.2) is 45.8 Å². The molecule has 0 spiro atoms. The van der Waals surface area contributed by atoms with Gasteiger partial charge in [0.15, 0.2) is 5.65 Å². The number of aromatic nitrogens is 4. The summed E-state index contributed by atoms with van der Waals surface area (Å²) in [5, 5.41) is 23.3. The highest BCUT2D eigenvalue weighted by Crippen LogP contribution is 2.40. The average Bonchev–Trinajstić information content (AvgIpc) is 3.43. The first-order valence-electron chi connectivity index (χ1n) is 10.3. The van der Waals surface area contributed by atoms with Gasteiger partial charge in [-0.05, 0) is 42.7 Å². The summed E-state index contributed by atoms with van der Waals surface area (Å²) in [5.74, 6) is 0.273. The van der Waals surface area contributed by atoms with Gasteiger partial charge in [0.25, 0.3) is 0 Å². The van der Waals surface area contributed by atoms with Crippen molar-refractivity contribution in [2.75, 3.05) is 11.9 Å². The Labute approximate surface area is 179 Å². The Morgan fingerprint density at radius 2 is 2.06 bits per heavy atom. The van der Waals surface area contributed by atoms with Crippen LogP contribution in [0.5, 0.6) is 0 Å². The first kappa shape index (κ1) is 20.3. The standard InChI is InChI=1S/C20H24N6O4S/c21-31(28,29)30-10-14-7-13(8-18(14)27)16-9-24-26-19(16)22-11-23-20(26)25-17-6-5-12-3-1-2-4-15(12)17/h1-4,9,11,13-14,17-18,27H,5-8,10H2,(H2,21,28,29)(H,22,23,25)/t13-,14-,17+,18+/m1/s1. The average molecular weight is 445 g/mol. The zero-order chi connectivity index (χ0) is 21.6. The number of hydrogen-bond donors (Lipinski definition) is 3. The predicted molar refractivity (Wildman–Crippen MR) is 112 cm³/mol. The third-order valence-corrected chi connectivity index (χ3v) is 6.78. The lowest BCUT2D eigenvalue weighted by Crippen LogP contribution is -2.24. The molecule has 4 atom stereocenters. The molecule has 2 aromatic heterocycles. The van der Waals surface area contributed by atoms with Crippen LogP contribution >= 0.6 is 0 Å². The second-order valence-electron chi connectivity index (χ2n) is 8.24. The number of nitrogens with one attached hydrogen (secondary N) is 1. The van der Waals surface area contributed by atoms with Crippen LogP contribution in [0.3, 0.4) is 0 Å². The van der Waals surface area contributed by atoms with Crippen molar-refractivity contribution < 1.29 is 17.7 Å². The van der Waals surface area contributed by atoms with Gasteiger partial charge in [0.2, 0.25) is 5.95 Å². The third-order valence-electron chi connectivity index (χ3n) is 6.31. The van der Waals surface area contributed by atoms with Gasteiger partial charge in [0, 0.05) is 11.5 Å². The molecule has 5 rings (SSSR count). The summed E-state index contributed by atoms with van der Waals surface area (Å²) < 4.78 is 28.5. The minimum Gasteiger partial charge on any atom is -0.393 e. The Morgan fingerprint density at radius 3 is 2.90 bits per heavy atom. The molecule has 0 bridgehead atoms. The van der Waals surface area contributed by atoms with Gasteiger partial charge < -0.3 is 10.4 Å². The number of aliphatic hydroxyl groups is 1. The highest BCUT2D eigenvalue weighted by atomic mass is 32.2. The van der Waals surface area contributed by atoms with E-state index in [4.69, 9.17) is 9.32 Å². The molecule has 1 aromatic carbocycles. The lowest BCUT2D eigenvalue weighted by molar-refractivity contribution is 0.101. The first-order valence-corrected chi connectivity index (χ1v) is 11.7. The Balaban J connectivity index is 1.37. The molecule has 3 aromatic rings. The van der Waals surface area contributed by atoms with Crippen LogP contribution in [0.1, 0.15) is 47.9 Å². The van der Waals surface area contributed by atoms with E-state index >= 15 is 0 Å². The number of hydrogen-bond acceptors (Lipinski definition) is 8. The van der Waals surface area contributed by atoms with Crippen LogP contribution in [0.15, 0.2) is 36.8 Å². The van der Waals surface area contributed by atoms with Crippen molar-refractivity contribution in [2.24, 2.45) is 11.1 Å². The molecule has 2 aliphatic carbocycles. The molecule has 1 saturated carbocycles. The zero-order valence-corrected chi connectivity index (χ0v) is 17.6. The maximum atomic E-state index is 11.1. The van der Waals surface area contributed by atoms with Crippen molar-refractivity contribution in [1.29, 1.82) is 0 Å². The van der Waals surface area contributed by atoms with Crippen LogP contribution in [0.25, 0.3) is 5.65 Å². The molecule has 2 aliphatic rings. The van der Waals surface area contributed by atoms with Gasteiger partial charge in [-0.25, -0.2) is 15.1 Å². The maximum absolute atomic E-state index is 11.1. The maximum Gasteiger partial charge on any atom is 0.333 e. The van der Waals surface area contributed by atoms with E-state index in [1.807, 2.05) is 6.07 Å². The van der Waals surface area contributed by atoms with Crippen LogP contribution < -0.4 is 10.5 Å². The molecule has 0 unspecified atom stereocenters. The summed E-state index contributed by atoms with van der Waals surface area (Å²) in [5.41, 5.74) is 4.20. The van der Waals surface area contributed by atoms with E-state index in [9.17, 15) is 13.5 Å². The summed E-state index contributed by atoms with van der Waals surface area (Å²) in [4.78, 5) is 8.82. The number of nitrogens with two attached hydrogens (primary N) is 1. The zero-order valence-electron chi connectivity index (χ0n) is 16.8. The van der Waals surface area contributed by atoms with E-state index in [0.29, 0.717) is 24.4 Å². The lowest BCUT2D eigenvalue weighted by atomic mass is 9.99. The van der Waals surface area contributed by atoms with Gasteiger partial charge in [-0.1, -0.05) is 24.3 Å². The van der Waals surface area contributed by atoms with Gasteiger partial charge in [0.1, 0.15) is 6.33 Å². The molecule has 31 heavy (non-hydrogen) atoms. The normalized spacial score (nSPS) is 25.7. The Kier molecular flexibility index (Phi) is 5.13. The third kappa shape index (κ3) is 4.01. The molecule has 0 radical (unpaired) electrons. The van der Waals surface area contributed by atoms with Gasteiger partial charge >= 0.3 is 10.3 Å². The SMILES string of the molecule is NS(=O)(=O)OC[C@H]1C[C@@H](c2cnn3c(N[C@H]4CCc5ccccc54)ncnc23)C[C@@H]1O. The largest absolute Gasteiger partial charge is 0.393 e. The lowest BCUT2D eigenvalue weighted by Gasteiger charge is -2.15. The number of anilines is 1. The van der Waals surface area contributed by atoms with Crippen LogP contribution in [0.2, 0.25) is 0 Å². The number of benzene rings is 1. The number of nitrogens with zero attached hydrogens (tertiary/aromatic N) is 4. The van der Waals surface area contributed by atoms with Crippen LogP contribution in [0.4, 0.5) is 5.95 Å². The molecule has 0 saturated heterocycles. The second kappa shape index (κ2) is 7.83. The fourth-order valence-electron chi connectivity index (χ4n) is 4.80. The van der Waals surface area contributed by atoms with Gasteiger partial charge in [-0.3, -0.25) is 4.18 Å². The number of rotatable bonds is 6. The first-order chi connectivity index (χ1) is 14.9. The van der Waals surface area contributed by atoms with E-state index in [1.165, 1.54) is 17.5 Å². The van der Waals surface area contributed by atoms with E-state index < -0.39 is 16.4 Å². The van der Waals surface area contributed by atoms with Gasteiger partial charge in [0.05, 0.1) is 24.9 Å². The van der Waals surface area contributed by atoms with Crippen molar-refractivity contribution in [3.8, 4) is 0 Å². The highest BCUT2D eigenvalue weighted by Gasteiger charge is 2.36. The van der Waals surface area contributed by atoms with Crippen molar-refractivity contribution in [2.45, 2.75) is 43.7 Å². The number of aryl methyl sites for hydroxylation is 1. The van der Waals surface area contributed by atoms with Crippen LogP contribution in [-0.2, 0) is 20.9 Å². The van der Waals surface area contributed by atoms with E-state index in [2.05, 4.69) is 38.6 Å². The quantitative estimate of drug-likeness (QED) is 0.516. The topological polar surface area (TPSA) is 145 Å². The van der Waals surface area contributed by atoms with E-state index in [1.54, 1.807) is 10.7 Å². The van der Waals surface area contributed by atoms with Crippen molar-refractivity contribution in [3.63, 3.8) is 0 Å². The van der Waals surface area contributed by atoms with Gasteiger partial charge in [-0.2, -0.15) is 18.0 Å². The molecular formula is C20H24N6O4S. The van der Waals surface area contributed by atoms with E-state index in [0.717, 1.165) is 18.4 Å². The minimum atomic E-state index is -4.04. The number of aliphatic hydroxyl groups excluding tert-OH is 1. The predicted octanol–water partition coefficient (Wildman–Crippen LogP) is 1.30. The molecule has 1 fully saturated rings. The Bertz CT molecular complexity index is 1210. The molecule has 4 N–H and O–H groups in total. The Hall–Kier alpha value is -2.60. The number of fused-ring (bicyclic) bond motifs is 2. The summed E-state index contributed by atoms with van der Waals surface area (Å²) in [6.45, 7) is -0.140. The summed E-state index contributed by atoms with van der Waals surface area (Å²) >= 11 is 0. The summed E-state index contributed by atoms with van der Waals surface area (Å²) in [6, 6.07) is 8.55. The van der Waals surface area contributed by atoms with Crippen molar-refractivity contribution >= 4 is 21.9 Å². The molecule has 0 aliphatic heterocycles. The second-order valence-corrected chi connectivity index (χ2v) is 9.46. The van der Waals surface area contributed by atoms with Crippen molar-refractivity contribution in [1.82, 2.24) is 19.6 Å². The Morgan fingerprint density at radius 1 is 1.23 bits per heavy atom. The molecule has 10 nitrogen and oxygen atoms in total. The monoisotopic (exact) mass is 444 g/mol. The summed E-state index contributed by atoms with van der Waals surface area (Å²) in [7, 11) is -4.04. The molecular weight excluding hydrogens is 420 g/mol. The molecule has 164 valence electrons. The highest BCUT2D eigenvalue weighted by molar-refractivity contribution is 7.84. The van der Waals surface area contributed by atoms with Crippen LogP contribution in [0, 0.1) is 5.92 Å². The summed E-state index contributed by atoms with van der Waals surface area (Å²) in [6.07, 6.45) is 5.61. The smallest absolute Gasteiger partial charge is 0.333 e. The van der Waals surface area contributed by atoms with Crippen molar-refractivity contribution in [3.05, 3.63) is 53.5 Å². The fourth-order valence-corrected chi connectivity index (χ4v) is 5.16. The molecule has 2 heterocycles. The fraction of sp³-hybridized carbons (Fsp3) is 0.450. The van der Waals surface area contributed by atoms with E-state index in [-0.39, 0.29) is 24.5 Å². The molecule has 0 amide bonds. The molecule has 11 heteroatoms. The van der Waals surface area contributed by atoms with Gasteiger partial charge in [-0.15, -0.1) is 0 Å². The minimum absolute atomic E-state index is 0.0171.